The first kappa shape index (κ1) is 16.9. The Balaban J connectivity index is 1.84. The fraction of sp³-hybridized carbons (Fsp3) is 0.300. The van der Waals surface area contributed by atoms with Gasteiger partial charge in [0, 0.05) is 18.0 Å². The number of hydrogen-bond donors (Lipinski definition) is 0. The van der Waals surface area contributed by atoms with E-state index in [4.69, 9.17) is 0 Å². The Bertz CT molecular complexity index is 781. The van der Waals surface area contributed by atoms with Gasteiger partial charge < -0.3 is 0 Å². The summed E-state index contributed by atoms with van der Waals surface area (Å²) in [5.41, 5.74) is 1.90. The first-order valence-corrected chi connectivity index (χ1v) is 9.85. The van der Waals surface area contributed by atoms with E-state index in [0.29, 0.717) is 12.5 Å². The monoisotopic (exact) mass is 341 g/mol. The molecule has 0 amide bonds. The molecule has 1 fully saturated rings. The van der Waals surface area contributed by atoms with Crippen LogP contribution in [0.5, 0.6) is 0 Å². The molecule has 2 aromatic rings. The molecule has 0 N–H and O–H groups in total. The van der Waals surface area contributed by atoms with Crippen molar-refractivity contribution in [2.24, 2.45) is 5.92 Å². The fourth-order valence-electron chi connectivity index (χ4n) is 2.85. The minimum absolute atomic E-state index is 0.0237. The molecule has 1 aliphatic carbocycles. The van der Waals surface area contributed by atoms with Crippen LogP contribution in [0.1, 0.15) is 30.9 Å². The number of nitrogens with zero attached hydrogens (tertiary/aromatic N) is 1. The van der Waals surface area contributed by atoms with Gasteiger partial charge >= 0.3 is 0 Å². The van der Waals surface area contributed by atoms with Crippen molar-refractivity contribution in [2.75, 3.05) is 0 Å². The van der Waals surface area contributed by atoms with Crippen LogP contribution in [0.15, 0.2) is 66.1 Å². The summed E-state index contributed by atoms with van der Waals surface area (Å²) in [6, 6.07) is 19.3. The lowest BCUT2D eigenvalue weighted by Crippen LogP contribution is -2.38. The number of rotatable bonds is 7. The molecule has 0 unspecified atom stereocenters. The molecular weight excluding hydrogens is 318 g/mol. The topological polar surface area (TPSA) is 37.4 Å². The smallest absolute Gasteiger partial charge is 0.207 e. The zero-order valence-electron chi connectivity index (χ0n) is 13.9. The summed E-state index contributed by atoms with van der Waals surface area (Å²) < 4.78 is 27.5. The summed E-state index contributed by atoms with van der Waals surface area (Å²) in [6.45, 7) is 2.44. The van der Waals surface area contributed by atoms with Crippen LogP contribution in [0.4, 0.5) is 0 Å². The molecule has 24 heavy (non-hydrogen) atoms. The molecule has 126 valence electrons. The Hall–Kier alpha value is -1.91. The molecule has 0 heterocycles. The van der Waals surface area contributed by atoms with Crippen LogP contribution in [-0.4, -0.2) is 18.8 Å². The lowest BCUT2D eigenvalue weighted by Gasteiger charge is -2.27. The van der Waals surface area contributed by atoms with Gasteiger partial charge in [-0.05, 0) is 42.9 Å². The minimum atomic E-state index is -3.47. The Morgan fingerprint density at radius 3 is 2.21 bits per heavy atom. The summed E-state index contributed by atoms with van der Waals surface area (Å²) in [6.07, 6.45) is 3.90. The second kappa shape index (κ2) is 7.32. The molecule has 2 aromatic carbocycles. The van der Waals surface area contributed by atoms with Crippen LogP contribution >= 0.6 is 0 Å². The van der Waals surface area contributed by atoms with E-state index < -0.39 is 10.0 Å². The lowest BCUT2D eigenvalue weighted by molar-refractivity contribution is 0.307. The van der Waals surface area contributed by atoms with Crippen LogP contribution in [-0.2, 0) is 16.6 Å². The molecule has 1 saturated carbocycles. The van der Waals surface area contributed by atoms with Gasteiger partial charge in [0.05, 0.1) is 0 Å². The van der Waals surface area contributed by atoms with Crippen LogP contribution in [0.3, 0.4) is 0 Å². The molecule has 0 bridgehead atoms. The maximum atomic E-state index is 12.9. The molecule has 0 aromatic heterocycles. The van der Waals surface area contributed by atoms with Gasteiger partial charge in [-0.2, -0.15) is 4.31 Å². The Labute approximate surface area is 144 Å². The predicted molar refractivity (Wildman–Crippen MR) is 98.6 cm³/mol. The summed E-state index contributed by atoms with van der Waals surface area (Å²) in [5, 5.41) is 1.34. The molecule has 1 aliphatic rings. The maximum Gasteiger partial charge on any atom is 0.236 e. The van der Waals surface area contributed by atoms with Crippen molar-refractivity contribution in [1.82, 2.24) is 4.31 Å². The van der Waals surface area contributed by atoms with Gasteiger partial charge in [-0.3, -0.25) is 0 Å². The van der Waals surface area contributed by atoms with E-state index in [1.54, 1.807) is 10.4 Å². The van der Waals surface area contributed by atoms with Gasteiger partial charge in [0.2, 0.25) is 10.0 Å². The highest BCUT2D eigenvalue weighted by Crippen LogP contribution is 2.37. The average molecular weight is 341 g/mol. The van der Waals surface area contributed by atoms with E-state index in [2.05, 4.69) is 0 Å². The van der Waals surface area contributed by atoms with Crippen molar-refractivity contribution in [2.45, 2.75) is 32.4 Å². The van der Waals surface area contributed by atoms with Gasteiger partial charge in [0.15, 0.2) is 0 Å². The predicted octanol–water partition coefficient (Wildman–Crippen LogP) is 4.29. The summed E-state index contributed by atoms with van der Waals surface area (Å²) in [5.74, 6) is 0.480. The van der Waals surface area contributed by atoms with Gasteiger partial charge in [-0.25, -0.2) is 8.42 Å². The van der Waals surface area contributed by atoms with Gasteiger partial charge in [0.1, 0.15) is 0 Å². The van der Waals surface area contributed by atoms with Gasteiger partial charge in [-0.1, -0.05) is 60.7 Å². The molecule has 0 spiro atoms. The quantitative estimate of drug-likeness (QED) is 0.753. The highest BCUT2D eigenvalue weighted by atomic mass is 32.2. The fourth-order valence-corrected chi connectivity index (χ4v) is 4.30. The van der Waals surface area contributed by atoms with Gasteiger partial charge in [0.25, 0.3) is 0 Å². The van der Waals surface area contributed by atoms with E-state index in [1.165, 1.54) is 5.41 Å². The Morgan fingerprint density at radius 1 is 1.04 bits per heavy atom. The second-order valence-corrected chi connectivity index (χ2v) is 8.14. The molecule has 1 atom stereocenters. The Morgan fingerprint density at radius 2 is 1.62 bits per heavy atom. The summed E-state index contributed by atoms with van der Waals surface area (Å²) >= 11 is 0. The first-order chi connectivity index (χ1) is 11.6. The van der Waals surface area contributed by atoms with E-state index in [0.717, 1.165) is 24.0 Å². The number of benzene rings is 2. The zero-order valence-corrected chi connectivity index (χ0v) is 14.7. The standard InChI is InChI=1S/C20H23NO2S/c1-17(20-12-13-20)21(16-19-10-6-3-7-11-19)24(22,23)15-14-18-8-4-2-5-9-18/h2-11,14-15,17,20H,12-13,16H2,1H3/b15-14+/t17-/m1/s1. The molecule has 0 radical (unpaired) electrons. The molecule has 3 nitrogen and oxygen atoms in total. The third-order valence-corrected chi connectivity index (χ3v) is 6.09. The van der Waals surface area contributed by atoms with Crippen LogP contribution < -0.4 is 0 Å². The van der Waals surface area contributed by atoms with Crippen LogP contribution in [0, 0.1) is 5.92 Å². The maximum absolute atomic E-state index is 12.9. The zero-order chi connectivity index (χ0) is 17.0. The first-order valence-electron chi connectivity index (χ1n) is 8.35. The van der Waals surface area contributed by atoms with Crippen LogP contribution in [0.25, 0.3) is 6.08 Å². The SMILES string of the molecule is C[C@H](C1CC1)N(Cc1ccccc1)S(=O)(=O)/C=C/c1ccccc1. The van der Waals surface area contributed by atoms with Crippen molar-refractivity contribution >= 4 is 16.1 Å². The van der Waals surface area contributed by atoms with E-state index in [-0.39, 0.29) is 6.04 Å². The van der Waals surface area contributed by atoms with Crippen molar-refractivity contribution in [3.8, 4) is 0 Å². The molecule has 4 heteroatoms. The summed E-state index contributed by atoms with van der Waals surface area (Å²) in [7, 11) is -3.47. The van der Waals surface area contributed by atoms with E-state index >= 15 is 0 Å². The highest BCUT2D eigenvalue weighted by Gasteiger charge is 2.36. The van der Waals surface area contributed by atoms with Crippen molar-refractivity contribution in [3.63, 3.8) is 0 Å². The third-order valence-electron chi connectivity index (χ3n) is 4.50. The minimum Gasteiger partial charge on any atom is -0.207 e. The van der Waals surface area contributed by atoms with Gasteiger partial charge in [-0.15, -0.1) is 0 Å². The van der Waals surface area contributed by atoms with Crippen LogP contribution in [0.2, 0.25) is 0 Å². The normalized spacial score (nSPS) is 16.6. The van der Waals surface area contributed by atoms with Crippen molar-refractivity contribution < 1.29 is 8.42 Å². The largest absolute Gasteiger partial charge is 0.236 e. The molecule has 3 rings (SSSR count). The molecule has 0 saturated heterocycles. The number of hydrogen-bond acceptors (Lipinski definition) is 2. The number of sulfonamides is 1. The molecular formula is C20H23NO2S. The molecule has 0 aliphatic heterocycles. The highest BCUT2D eigenvalue weighted by molar-refractivity contribution is 7.92. The third kappa shape index (κ3) is 4.34. The second-order valence-electron chi connectivity index (χ2n) is 6.37. The summed E-state index contributed by atoms with van der Waals surface area (Å²) in [4.78, 5) is 0. The van der Waals surface area contributed by atoms with Crippen molar-refractivity contribution in [3.05, 3.63) is 77.2 Å². The Kier molecular flexibility index (Phi) is 5.17. The van der Waals surface area contributed by atoms with Crippen molar-refractivity contribution in [1.29, 1.82) is 0 Å². The van der Waals surface area contributed by atoms with E-state index in [1.807, 2.05) is 67.6 Å². The van der Waals surface area contributed by atoms with E-state index in [9.17, 15) is 8.42 Å². The average Bonchev–Trinajstić information content (AvgIpc) is 3.44. The lowest BCUT2D eigenvalue weighted by atomic mass is 10.2.